The number of Topliss-reactive ketones (excluding diaryl/α,β-unsaturated/α-hetero) is 1. The largest absolute Gasteiger partial charge is 0.299 e. The molecule has 0 fully saturated rings. The summed E-state index contributed by atoms with van der Waals surface area (Å²) in [5.74, 6) is 0.425. The molecule has 0 bridgehead atoms. The van der Waals surface area contributed by atoms with Crippen LogP contribution in [0.4, 0.5) is 0 Å². The summed E-state index contributed by atoms with van der Waals surface area (Å²) in [6, 6.07) is 12.2. The molecule has 0 spiro atoms. The predicted molar refractivity (Wildman–Crippen MR) is 78.0 cm³/mol. The van der Waals surface area contributed by atoms with Gasteiger partial charge in [0.25, 0.3) is 0 Å². The van der Waals surface area contributed by atoms with E-state index in [1.54, 1.807) is 6.20 Å². The summed E-state index contributed by atoms with van der Waals surface area (Å²) in [5.41, 5.74) is 3.50. The first kappa shape index (κ1) is 12.5. The Kier molecular flexibility index (Phi) is 3.47. The van der Waals surface area contributed by atoms with Gasteiger partial charge in [-0.15, -0.1) is 0 Å². The van der Waals surface area contributed by atoms with Crippen LogP contribution < -0.4 is 0 Å². The molecule has 1 aliphatic rings. The van der Waals surface area contributed by atoms with Gasteiger partial charge in [0.2, 0.25) is 0 Å². The Labute approximate surface area is 121 Å². The number of pyridine rings is 1. The lowest BCUT2D eigenvalue weighted by Gasteiger charge is -2.07. The van der Waals surface area contributed by atoms with E-state index in [1.165, 1.54) is 11.1 Å². The molecule has 0 N–H and O–H groups in total. The number of hydrogen-bond acceptors (Lipinski definition) is 2. The molecule has 0 saturated carbocycles. The van der Waals surface area contributed by atoms with Crippen LogP contribution in [0.1, 0.15) is 16.8 Å². The first-order chi connectivity index (χ1) is 9.22. The van der Waals surface area contributed by atoms with E-state index in [0.717, 1.165) is 23.0 Å². The van der Waals surface area contributed by atoms with E-state index < -0.39 is 0 Å². The van der Waals surface area contributed by atoms with Gasteiger partial charge in [0.15, 0.2) is 0 Å². The summed E-state index contributed by atoms with van der Waals surface area (Å²) < 4.78 is 0.942. The fourth-order valence-electron chi connectivity index (χ4n) is 2.62. The lowest BCUT2D eigenvalue weighted by Crippen LogP contribution is -2.17. The molecule has 0 radical (unpaired) electrons. The van der Waals surface area contributed by atoms with Gasteiger partial charge in [-0.05, 0) is 52.0 Å². The number of ketones is 1. The topological polar surface area (TPSA) is 30.0 Å². The molecule has 3 heteroatoms. The van der Waals surface area contributed by atoms with E-state index in [1.807, 2.05) is 24.3 Å². The summed E-state index contributed by atoms with van der Waals surface area (Å²) >= 11 is 3.35. The fraction of sp³-hybridized carbons (Fsp3) is 0.250. The average Bonchev–Trinajstić information content (AvgIpc) is 2.85. The zero-order valence-electron chi connectivity index (χ0n) is 10.5. The van der Waals surface area contributed by atoms with Crippen molar-refractivity contribution in [1.29, 1.82) is 0 Å². The highest BCUT2D eigenvalue weighted by Crippen LogP contribution is 2.27. The van der Waals surface area contributed by atoms with Crippen molar-refractivity contribution >= 4 is 21.7 Å². The Bertz CT molecular complexity index is 581. The fourth-order valence-corrected chi connectivity index (χ4v) is 2.85. The maximum atomic E-state index is 12.3. The SMILES string of the molecule is O=C(Cc1ccc(Br)cn1)C1Cc2ccccc2C1. The van der Waals surface area contributed by atoms with Crippen LogP contribution in [0.5, 0.6) is 0 Å². The first-order valence-electron chi connectivity index (χ1n) is 6.42. The summed E-state index contributed by atoms with van der Waals surface area (Å²) in [7, 11) is 0. The molecule has 0 aliphatic heterocycles. The normalized spacial score (nSPS) is 14.4. The van der Waals surface area contributed by atoms with Crippen molar-refractivity contribution in [2.45, 2.75) is 19.3 Å². The molecule has 1 heterocycles. The maximum Gasteiger partial charge on any atom is 0.142 e. The van der Waals surface area contributed by atoms with E-state index in [4.69, 9.17) is 0 Å². The van der Waals surface area contributed by atoms with Gasteiger partial charge in [0, 0.05) is 28.7 Å². The molecule has 3 rings (SSSR count). The average molecular weight is 316 g/mol. The number of benzene rings is 1. The van der Waals surface area contributed by atoms with E-state index >= 15 is 0 Å². The Morgan fingerprint density at radius 2 is 1.84 bits per heavy atom. The molecular weight excluding hydrogens is 302 g/mol. The second kappa shape index (κ2) is 5.25. The van der Waals surface area contributed by atoms with Crippen LogP contribution >= 0.6 is 15.9 Å². The summed E-state index contributed by atoms with van der Waals surface area (Å²) in [6.07, 6.45) is 3.94. The minimum absolute atomic E-state index is 0.128. The molecule has 0 saturated heterocycles. The third-order valence-corrected chi connectivity index (χ3v) is 4.12. The zero-order chi connectivity index (χ0) is 13.2. The second-order valence-electron chi connectivity index (χ2n) is 4.98. The molecule has 96 valence electrons. The van der Waals surface area contributed by atoms with Gasteiger partial charge in [0.1, 0.15) is 5.78 Å². The van der Waals surface area contributed by atoms with Crippen LogP contribution in [0, 0.1) is 5.92 Å². The zero-order valence-corrected chi connectivity index (χ0v) is 12.1. The minimum Gasteiger partial charge on any atom is -0.299 e. The second-order valence-corrected chi connectivity index (χ2v) is 5.90. The van der Waals surface area contributed by atoms with E-state index in [2.05, 4.69) is 33.0 Å². The molecule has 1 aromatic heterocycles. The highest BCUT2D eigenvalue weighted by atomic mass is 79.9. The summed E-state index contributed by atoms with van der Waals surface area (Å²) in [4.78, 5) is 16.6. The number of aromatic nitrogens is 1. The molecule has 2 nitrogen and oxygen atoms in total. The number of fused-ring (bicyclic) bond motifs is 1. The van der Waals surface area contributed by atoms with Crippen LogP contribution in [-0.2, 0) is 24.1 Å². The van der Waals surface area contributed by atoms with Crippen LogP contribution in [0.25, 0.3) is 0 Å². The highest BCUT2D eigenvalue weighted by molar-refractivity contribution is 9.10. The monoisotopic (exact) mass is 315 g/mol. The van der Waals surface area contributed by atoms with Crippen LogP contribution in [0.2, 0.25) is 0 Å². The molecule has 1 aliphatic carbocycles. The Hall–Kier alpha value is -1.48. The minimum atomic E-state index is 0.128. The quantitative estimate of drug-likeness (QED) is 0.869. The van der Waals surface area contributed by atoms with Crippen LogP contribution in [0.15, 0.2) is 47.1 Å². The first-order valence-corrected chi connectivity index (χ1v) is 7.21. The van der Waals surface area contributed by atoms with E-state index in [9.17, 15) is 4.79 Å². The van der Waals surface area contributed by atoms with Crippen molar-refractivity contribution in [2.24, 2.45) is 5.92 Å². The van der Waals surface area contributed by atoms with Gasteiger partial charge < -0.3 is 0 Å². The van der Waals surface area contributed by atoms with Crippen molar-refractivity contribution in [3.05, 3.63) is 63.9 Å². The molecule has 0 atom stereocenters. The number of carbonyl (C=O) groups excluding carboxylic acids is 1. The van der Waals surface area contributed by atoms with Crippen LogP contribution in [0.3, 0.4) is 0 Å². The highest BCUT2D eigenvalue weighted by Gasteiger charge is 2.26. The lowest BCUT2D eigenvalue weighted by atomic mass is 9.97. The van der Waals surface area contributed by atoms with Crippen LogP contribution in [-0.4, -0.2) is 10.8 Å². The van der Waals surface area contributed by atoms with Gasteiger partial charge in [-0.1, -0.05) is 24.3 Å². The van der Waals surface area contributed by atoms with Gasteiger partial charge >= 0.3 is 0 Å². The number of carbonyl (C=O) groups is 1. The summed E-state index contributed by atoms with van der Waals surface area (Å²) in [6.45, 7) is 0. The molecular formula is C16H14BrNO. The number of nitrogens with zero attached hydrogens (tertiary/aromatic N) is 1. The third-order valence-electron chi connectivity index (χ3n) is 3.65. The molecule has 1 aromatic carbocycles. The number of halogens is 1. The van der Waals surface area contributed by atoms with E-state index in [0.29, 0.717) is 12.2 Å². The van der Waals surface area contributed by atoms with Crippen molar-refractivity contribution in [3.63, 3.8) is 0 Å². The Morgan fingerprint density at radius 1 is 1.16 bits per heavy atom. The third kappa shape index (κ3) is 2.76. The Morgan fingerprint density at radius 3 is 2.42 bits per heavy atom. The van der Waals surface area contributed by atoms with Gasteiger partial charge in [-0.2, -0.15) is 0 Å². The Balaban J connectivity index is 1.68. The number of rotatable bonds is 3. The van der Waals surface area contributed by atoms with Crippen molar-refractivity contribution in [2.75, 3.05) is 0 Å². The van der Waals surface area contributed by atoms with Crippen molar-refractivity contribution in [3.8, 4) is 0 Å². The van der Waals surface area contributed by atoms with E-state index in [-0.39, 0.29) is 5.92 Å². The van der Waals surface area contributed by atoms with Gasteiger partial charge in [0.05, 0.1) is 0 Å². The van der Waals surface area contributed by atoms with Gasteiger partial charge in [-0.25, -0.2) is 0 Å². The maximum absolute atomic E-state index is 12.3. The standard InChI is InChI=1S/C16H14BrNO/c17-14-5-6-15(18-10-14)9-16(19)13-7-11-3-1-2-4-12(11)8-13/h1-6,10,13H,7-9H2. The smallest absolute Gasteiger partial charge is 0.142 e. The molecule has 0 unspecified atom stereocenters. The van der Waals surface area contributed by atoms with Crippen molar-refractivity contribution < 1.29 is 4.79 Å². The molecule has 0 amide bonds. The molecule has 19 heavy (non-hydrogen) atoms. The van der Waals surface area contributed by atoms with Gasteiger partial charge in [-0.3, -0.25) is 9.78 Å². The number of hydrogen-bond donors (Lipinski definition) is 0. The molecule has 2 aromatic rings. The predicted octanol–water partition coefficient (Wildman–Crippen LogP) is 3.37. The van der Waals surface area contributed by atoms with Crippen molar-refractivity contribution in [1.82, 2.24) is 4.98 Å². The lowest BCUT2D eigenvalue weighted by molar-refractivity contribution is -0.122. The summed E-state index contributed by atoms with van der Waals surface area (Å²) in [5, 5.41) is 0.